The molecule has 1 aromatic carbocycles. The van der Waals surface area contributed by atoms with Crippen LogP contribution in [0.25, 0.3) is 22.3 Å². The van der Waals surface area contributed by atoms with Crippen LogP contribution in [0.4, 0.5) is 8.78 Å². The molecule has 0 spiro atoms. The largest absolute Gasteiger partial charge is 0.342 e. The molecule has 2 aromatic heterocycles. The topological polar surface area (TPSA) is 83.9 Å². The van der Waals surface area contributed by atoms with Crippen LogP contribution in [0, 0.1) is 12.7 Å². The average molecular weight is 395 g/mol. The number of aryl methyl sites for hydroxylation is 2. The standard InChI is InChI=1S/C17H19F2N5O2S/c1-10-6-13(19)16-12(15(10)17-20-9-23(2)22-17)7-14(21-16)27(25,26)24-5-3-4-11(24)8-18/h6-7,9,11,21H,3-5,8H2,1-2H3. The third-order valence-electron chi connectivity index (χ3n) is 4.95. The van der Waals surface area contributed by atoms with E-state index in [1.54, 1.807) is 14.0 Å². The van der Waals surface area contributed by atoms with Crippen molar-refractivity contribution in [3.8, 4) is 11.4 Å². The first-order valence-corrected chi connectivity index (χ1v) is 10.0. The van der Waals surface area contributed by atoms with Crippen molar-refractivity contribution in [1.82, 2.24) is 24.1 Å². The molecule has 1 fully saturated rings. The van der Waals surface area contributed by atoms with Crippen molar-refractivity contribution in [3.05, 3.63) is 29.8 Å². The van der Waals surface area contributed by atoms with Gasteiger partial charge in [-0.15, -0.1) is 0 Å². The maximum absolute atomic E-state index is 14.5. The number of benzene rings is 1. The molecule has 0 aliphatic carbocycles. The monoisotopic (exact) mass is 395 g/mol. The van der Waals surface area contributed by atoms with Crippen LogP contribution in [0.5, 0.6) is 0 Å². The summed E-state index contributed by atoms with van der Waals surface area (Å²) in [5.41, 5.74) is 1.22. The van der Waals surface area contributed by atoms with Gasteiger partial charge in [-0.05, 0) is 37.5 Å². The zero-order valence-corrected chi connectivity index (χ0v) is 15.7. The van der Waals surface area contributed by atoms with Gasteiger partial charge < -0.3 is 4.98 Å². The van der Waals surface area contributed by atoms with Gasteiger partial charge in [0.15, 0.2) is 5.82 Å². The lowest BCUT2D eigenvalue weighted by Crippen LogP contribution is -2.36. The van der Waals surface area contributed by atoms with E-state index in [1.165, 1.54) is 23.1 Å². The Morgan fingerprint density at radius 1 is 1.37 bits per heavy atom. The quantitative estimate of drug-likeness (QED) is 0.736. The van der Waals surface area contributed by atoms with E-state index in [4.69, 9.17) is 0 Å². The second-order valence-electron chi connectivity index (χ2n) is 6.78. The summed E-state index contributed by atoms with van der Waals surface area (Å²) in [5, 5.41) is 4.48. The minimum Gasteiger partial charge on any atom is -0.342 e. The normalized spacial score (nSPS) is 18.6. The number of rotatable bonds is 4. The molecule has 3 aromatic rings. The first-order chi connectivity index (χ1) is 12.8. The predicted octanol–water partition coefficient (Wildman–Crippen LogP) is 2.53. The fourth-order valence-corrected chi connectivity index (χ4v) is 5.33. The van der Waals surface area contributed by atoms with Gasteiger partial charge in [-0.2, -0.15) is 9.40 Å². The second-order valence-corrected chi connectivity index (χ2v) is 8.64. The SMILES string of the molecule is Cc1cc(F)c2[nH]c(S(=O)(=O)N3CCCC3CF)cc2c1-c1ncn(C)n1. The van der Waals surface area contributed by atoms with Crippen LogP contribution in [0.15, 0.2) is 23.5 Å². The lowest BCUT2D eigenvalue weighted by atomic mass is 10.0. The summed E-state index contributed by atoms with van der Waals surface area (Å²) < 4.78 is 56.4. The lowest BCUT2D eigenvalue weighted by Gasteiger charge is -2.20. The second kappa shape index (κ2) is 6.38. The van der Waals surface area contributed by atoms with Gasteiger partial charge in [0.2, 0.25) is 0 Å². The van der Waals surface area contributed by atoms with Crippen molar-refractivity contribution in [2.75, 3.05) is 13.2 Å². The van der Waals surface area contributed by atoms with E-state index in [-0.39, 0.29) is 17.1 Å². The predicted molar refractivity (Wildman–Crippen MR) is 95.9 cm³/mol. The van der Waals surface area contributed by atoms with E-state index in [9.17, 15) is 17.2 Å². The van der Waals surface area contributed by atoms with Crippen LogP contribution < -0.4 is 0 Å². The molecule has 10 heteroatoms. The van der Waals surface area contributed by atoms with E-state index in [1.807, 2.05) is 0 Å². The van der Waals surface area contributed by atoms with Gasteiger partial charge in [-0.3, -0.25) is 4.68 Å². The van der Waals surface area contributed by atoms with Crippen LogP contribution in [0.3, 0.4) is 0 Å². The molecule has 1 N–H and O–H groups in total. The number of halogens is 2. The van der Waals surface area contributed by atoms with Crippen LogP contribution >= 0.6 is 0 Å². The number of hydrogen-bond acceptors (Lipinski definition) is 4. The molecule has 0 amide bonds. The molecular formula is C17H19F2N5O2S. The Morgan fingerprint density at radius 2 is 2.15 bits per heavy atom. The summed E-state index contributed by atoms with van der Waals surface area (Å²) in [7, 11) is -2.25. The van der Waals surface area contributed by atoms with Crippen molar-refractivity contribution in [1.29, 1.82) is 0 Å². The Hall–Kier alpha value is -2.33. The summed E-state index contributed by atoms with van der Waals surface area (Å²) in [4.78, 5) is 6.89. The van der Waals surface area contributed by atoms with Crippen molar-refractivity contribution in [3.63, 3.8) is 0 Å². The Morgan fingerprint density at radius 3 is 2.81 bits per heavy atom. The van der Waals surface area contributed by atoms with Crippen LogP contribution in [0.2, 0.25) is 0 Å². The Labute approximate surface area is 155 Å². The highest BCUT2D eigenvalue weighted by atomic mass is 32.2. The zero-order chi connectivity index (χ0) is 19.3. The van der Waals surface area contributed by atoms with Gasteiger partial charge in [0.1, 0.15) is 23.8 Å². The summed E-state index contributed by atoms with van der Waals surface area (Å²) in [6, 6.07) is 2.03. The molecule has 1 aliphatic heterocycles. The number of hydrogen-bond donors (Lipinski definition) is 1. The van der Waals surface area contributed by atoms with Crippen molar-refractivity contribution < 1.29 is 17.2 Å². The van der Waals surface area contributed by atoms with Crippen LogP contribution in [-0.4, -0.2) is 51.7 Å². The maximum Gasteiger partial charge on any atom is 0.258 e. The number of H-pyrrole nitrogens is 1. The van der Waals surface area contributed by atoms with Gasteiger partial charge in [-0.25, -0.2) is 22.2 Å². The molecule has 144 valence electrons. The highest BCUT2D eigenvalue weighted by Gasteiger charge is 2.36. The number of nitrogens with zero attached hydrogens (tertiary/aromatic N) is 4. The minimum absolute atomic E-state index is 0.0672. The van der Waals surface area contributed by atoms with Crippen molar-refractivity contribution in [2.24, 2.45) is 7.05 Å². The fourth-order valence-electron chi connectivity index (χ4n) is 3.66. The van der Waals surface area contributed by atoms with E-state index in [0.717, 1.165) is 4.31 Å². The number of aromatic amines is 1. The van der Waals surface area contributed by atoms with Crippen LogP contribution in [0.1, 0.15) is 18.4 Å². The Bertz CT molecular complexity index is 1120. The highest BCUT2D eigenvalue weighted by molar-refractivity contribution is 7.89. The third kappa shape index (κ3) is 2.83. The molecule has 0 radical (unpaired) electrons. The summed E-state index contributed by atoms with van der Waals surface area (Å²) in [6.45, 7) is 1.23. The Kier molecular flexibility index (Phi) is 4.26. The van der Waals surface area contributed by atoms with E-state index < -0.39 is 28.6 Å². The summed E-state index contributed by atoms with van der Waals surface area (Å²) >= 11 is 0. The first kappa shape index (κ1) is 18.1. The molecule has 1 unspecified atom stereocenters. The smallest absolute Gasteiger partial charge is 0.258 e. The summed E-state index contributed by atoms with van der Waals surface area (Å²) in [6.07, 6.45) is 2.60. The molecule has 0 saturated carbocycles. The summed E-state index contributed by atoms with van der Waals surface area (Å²) in [5.74, 6) is -0.183. The van der Waals surface area contributed by atoms with Gasteiger partial charge in [0.25, 0.3) is 10.0 Å². The highest BCUT2D eigenvalue weighted by Crippen LogP contribution is 2.35. The number of aromatic nitrogens is 4. The molecule has 4 rings (SSSR count). The minimum atomic E-state index is -3.96. The first-order valence-electron chi connectivity index (χ1n) is 8.58. The molecule has 7 nitrogen and oxygen atoms in total. The number of sulfonamides is 1. The molecule has 1 atom stereocenters. The molecule has 3 heterocycles. The third-order valence-corrected chi connectivity index (χ3v) is 6.82. The van der Waals surface area contributed by atoms with E-state index in [2.05, 4.69) is 15.1 Å². The van der Waals surface area contributed by atoms with Gasteiger partial charge in [-0.1, -0.05) is 0 Å². The lowest BCUT2D eigenvalue weighted by molar-refractivity contribution is 0.311. The zero-order valence-electron chi connectivity index (χ0n) is 14.9. The van der Waals surface area contributed by atoms with Gasteiger partial charge in [0, 0.05) is 24.5 Å². The van der Waals surface area contributed by atoms with Crippen molar-refractivity contribution >= 4 is 20.9 Å². The molecular weight excluding hydrogens is 376 g/mol. The fraction of sp³-hybridized carbons (Fsp3) is 0.412. The molecule has 0 bridgehead atoms. The van der Waals surface area contributed by atoms with Gasteiger partial charge >= 0.3 is 0 Å². The molecule has 1 aliphatic rings. The maximum atomic E-state index is 14.5. The number of nitrogens with one attached hydrogen (secondary N) is 1. The molecule has 27 heavy (non-hydrogen) atoms. The molecule has 1 saturated heterocycles. The van der Waals surface area contributed by atoms with Gasteiger partial charge in [0.05, 0.1) is 11.6 Å². The van der Waals surface area contributed by atoms with Crippen molar-refractivity contribution in [2.45, 2.75) is 30.8 Å². The number of alkyl halides is 1. The Balaban J connectivity index is 1.91. The van der Waals surface area contributed by atoms with E-state index >= 15 is 0 Å². The average Bonchev–Trinajstić information content (AvgIpc) is 3.33. The number of fused-ring (bicyclic) bond motifs is 1. The van der Waals surface area contributed by atoms with Crippen LogP contribution in [-0.2, 0) is 17.1 Å². The van der Waals surface area contributed by atoms with E-state index in [0.29, 0.717) is 35.2 Å².